The molecule has 0 unspecified atom stereocenters. The van der Waals surface area contributed by atoms with E-state index in [1.165, 1.54) is 36.4 Å². The van der Waals surface area contributed by atoms with Crippen LogP contribution in [-0.4, -0.2) is 20.1 Å². The summed E-state index contributed by atoms with van der Waals surface area (Å²) < 4.78 is 37.0. The molecular weight excluding hydrogens is 341 g/mol. The van der Waals surface area contributed by atoms with Crippen LogP contribution in [-0.2, 0) is 9.84 Å². The number of fused-ring (bicyclic) bond motifs is 1. The quantitative estimate of drug-likeness (QED) is 0.767. The number of carbonyl (C=O) groups excluding carboxylic acids is 1. The van der Waals surface area contributed by atoms with E-state index in [-0.39, 0.29) is 22.4 Å². The number of hydrogen-bond donors (Lipinski definition) is 1. The minimum absolute atomic E-state index is 0.00507. The van der Waals surface area contributed by atoms with Gasteiger partial charge in [0.25, 0.3) is 5.91 Å². The van der Waals surface area contributed by atoms with Crippen molar-refractivity contribution in [3.63, 3.8) is 0 Å². The van der Waals surface area contributed by atoms with Gasteiger partial charge in [0.2, 0.25) is 0 Å². The molecule has 0 aliphatic carbocycles. The van der Waals surface area contributed by atoms with Crippen LogP contribution in [0.25, 0.3) is 10.8 Å². The van der Waals surface area contributed by atoms with Crippen LogP contribution < -0.4 is 5.32 Å². The lowest BCUT2D eigenvalue weighted by Gasteiger charge is -2.09. The molecule has 25 heavy (non-hydrogen) atoms. The molecule has 0 bridgehead atoms. The number of nitrogens with one attached hydrogen (secondary N) is 1. The molecule has 0 fully saturated rings. The zero-order valence-corrected chi connectivity index (χ0v) is 14.3. The molecule has 0 radical (unpaired) electrons. The number of benzene rings is 3. The number of carbonyl (C=O) groups is 1. The van der Waals surface area contributed by atoms with Crippen molar-refractivity contribution in [2.75, 3.05) is 11.1 Å². The van der Waals surface area contributed by atoms with Crippen molar-refractivity contribution in [3.8, 4) is 0 Å². The molecule has 0 saturated heterocycles. The maximum atomic E-state index is 13.3. The molecule has 0 heterocycles. The molecule has 3 aromatic carbocycles. The molecule has 0 aliphatic rings. The predicted octanol–water partition coefficient (Wildman–Crippen LogP) is 4.02. The highest BCUT2D eigenvalue weighted by atomic mass is 32.2. The van der Waals surface area contributed by atoms with Crippen molar-refractivity contribution < 1.29 is 17.6 Å². The van der Waals surface area contributed by atoms with Gasteiger partial charge >= 0.3 is 0 Å². The summed E-state index contributed by atoms with van der Waals surface area (Å²) in [7, 11) is -3.30. The summed E-state index contributed by atoms with van der Waals surface area (Å²) in [5.41, 5.74) is 0.905. The summed E-state index contributed by atoms with van der Waals surface area (Å²) in [5, 5.41) is 4.19. The first kappa shape index (κ1) is 17.1. The van der Waals surface area contributed by atoms with Crippen LogP contribution >= 0.6 is 0 Å². The van der Waals surface area contributed by atoms with E-state index in [1.54, 1.807) is 31.2 Å². The van der Waals surface area contributed by atoms with Crippen molar-refractivity contribution in [2.24, 2.45) is 0 Å². The SMILES string of the molecule is CCS(=O)(=O)c1ccc(C(=O)Nc2cccc3cc(F)ccc23)cc1. The van der Waals surface area contributed by atoms with Crippen LogP contribution in [0.3, 0.4) is 0 Å². The van der Waals surface area contributed by atoms with E-state index in [0.29, 0.717) is 16.6 Å². The Balaban J connectivity index is 1.88. The molecule has 3 rings (SSSR count). The first-order valence-electron chi connectivity index (χ1n) is 7.73. The van der Waals surface area contributed by atoms with Gasteiger partial charge in [0.05, 0.1) is 10.6 Å². The van der Waals surface area contributed by atoms with E-state index in [0.717, 1.165) is 5.39 Å². The average molecular weight is 357 g/mol. The minimum Gasteiger partial charge on any atom is -0.321 e. The number of halogens is 1. The van der Waals surface area contributed by atoms with Crippen molar-refractivity contribution in [1.29, 1.82) is 0 Å². The number of rotatable bonds is 4. The molecule has 0 spiro atoms. The van der Waals surface area contributed by atoms with Gasteiger partial charge in [0, 0.05) is 16.6 Å². The molecule has 128 valence electrons. The first-order valence-corrected chi connectivity index (χ1v) is 9.38. The van der Waals surface area contributed by atoms with Gasteiger partial charge in [-0.3, -0.25) is 4.79 Å². The number of hydrogen-bond acceptors (Lipinski definition) is 3. The zero-order valence-electron chi connectivity index (χ0n) is 13.5. The molecule has 1 N–H and O–H groups in total. The van der Waals surface area contributed by atoms with E-state index < -0.39 is 9.84 Å². The van der Waals surface area contributed by atoms with Gasteiger partial charge in [-0.25, -0.2) is 12.8 Å². The van der Waals surface area contributed by atoms with E-state index >= 15 is 0 Å². The lowest BCUT2D eigenvalue weighted by atomic mass is 10.1. The summed E-state index contributed by atoms with van der Waals surface area (Å²) in [6.07, 6.45) is 0. The van der Waals surface area contributed by atoms with Crippen LogP contribution in [0, 0.1) is 5.82 Å². The molecule has 1 amide bonds. The Hall–Kier alpha value is -2.73. The second-order valence-corrected chi connectivity index (χ2v) is 7.83. The topological polar surface area (TPSA) is 63.2 Å². The van der Waals surface area contributed by atoms with Crippen molar-refractivity contribution >= 4 is 32.2 Å². The lowest BCUT2D eigenvalue weighted by molar-refractivity contribution is 0.102. The van der Waals surface area contributed by atoms with Gasteiger partial charge in [-0.1, -0.05) is 19.1 Å². The second-order valence-electron chi connectivity index (χ2n) is 5.55. The normalized spacial score (nSPS) is 11.4. The average Bonchev–Trinajstić information content (AvgIpc) is 2.61. The minimum atomic E-state index is -3.30. The Kier molecular flexibility index (Phi) is 4.55. The molecular formula is C19H16FNO3S. The fraction of sp³-hybridized carbons (Fsp3) is 0.105. The van der Waals surface area contributed by atoms with Gasteiger partial charge in [0.1, 0.15) is 5.82 Å². The maximum Gasteiger partial charge on any atom is 0.255 e. The Bertz CT molecular complexity index is 1040. The molecule has 0 saturated carbocycles. The Labute approximate surface area is 145 Å². The summed E-state index contributed by atoms with van der Waals surface area (Å²) in [6.45, 7) is 1.57. The standard InChI is InChI=1S/C19H16FNO3S/c1-2-25(23,24)16-9-6-13(7-10-16)19(22)21-18-5-3-4-14-12-15(20)8-11-17(14)18/h3-12H,2H2,1H3,(H,21,22). The zero-order chi connectivity index (χ0) is 18.0. The van der Waals surface area contributed by atoms with Gasteiger partial charge in [-0.05, 0) is 53.9 Å². The third kappa shape index (κ3) is 3.53. The third-order valence-corrected chi connectivity index (χ3v) is 5.70. The summed E-state index contributed by atoms with van der Waals surface area (Å²) in [5.74, 6) is -0.702. The van der Waals surface area contributed by atoms with E-state index in [9.17, 15) is 17.6 Å². The first-order chi connectivity index (χ1) is 11.9. The van der Waals surface area contributed by atoms with Crippen LogP contribution in [0.5, 0.6) is 0 Å². The second kappa shape index (κ2) is 6.64. The fourth-order valence-electron chi connectivity index (χ4n) is 2.54. The molecule has 0 aromatic heterocycles. The smallest absolute Gasteiger partial charge is 0.255 e. The van der Waals surface area contributed by atoms with Crippen molar-refractivity contribution in [2.45, 2.75) is 11.8 Å². The Morgan fingerprint density at radius 3 is 2.44 bits per heavy atom. The molecule has 6 heteroatoms. The molecule has 3 aromatic rings. The van der Waals surface area contributed by atoms with Crippen molar-refractivity contribution in [1.82, 2.24) is 0 Å². The summed E-state index contributed by atoms with van der Waals surface area (Å²) in [4.78, 5) is 12.6. The fourth-order valence-corrected chi connectivity index (χ4v) is 3.42. The lowest BCUT2D eigenvalue weighted by Crippen LogP contribution is -2.12. The van der Waals surface area contributed by atoms with Crippen LogP contribution in [0.4, 0.5) is 10.1 Å². The molecule has 0 aliphatic heterocycles. The molecule has 4 nitrogen and oxygen atoms in total. The Morgan fingerprint density at radius 2 is 1.76 bits per heavy atom. The van der Waals surface area contributed by atoms with E-state index in [2.05, 4.69) is 5.32 Å². The highest BCUT2D eigenvalue weighted by Gasteiger charge is 2.13. The highest BCUT2D eigenvalue weighted by Crippen LogP contribution is 2.24. The molecule has 0 atom stereocenters. The maximum absolute atomic E-state index is 13.3. The van der Waals surface area contributed by atoms with Gasteiger partial charge < -0.3 is 5.32 Å². The van der Waals surface area contributed by atoms with Crippen LogP contribution in [0.2, 0.25) is 0 Å². The van der Waals surface area contributed by atoms with Gasteiger partial charge in [-0.2, -0.15) is 0 Å². The highest BCUT2D eigenvalue weighted by molar-refractivity contribution is 7.91. The third-order valence-electron chi connectivity index (χ3n) is 3.95. The number of amides is 1. The van der Waals surface area contributed by atoms with Gasteiger partial charge in [-0.15, -0.1) is 0 Å². The Morgan fingerprint density at radius 1 is 1.04 bits per heavy atom. The summed E-state index contributed by atoms with van der Waals surface area (Å²) in [6, 6.07) is 15.4. The van der Waals surface area contributed by atoms with E-state index in [4.69, 9.17) is 0 Å². The predicted molar refractivity (Wildman–Crippen MR) is 96.0 cm³/mol. The van der Waals surface area contributed by atoms with Crippen molar-refractivity contribution in [3.05, 3.63) is 72.0 Å². The van der Waals surface area contributed by atoms with Crippen LogP contribution in [0.15, 0.2) is 65.6 Å². The summed E-state index contributed by atoms with van der Waals surface area (Å²) >= 11 is 0. The van der Waals surface area contributed by atoms with Gasteiger partial charge in [0.15, 0.2) is 9.84 Å². The van der Waals surface area contributed by atoms with E-state index in [1.807, 2.05) is 0 Å². The van der Waals surface area contributed by atoms with Crippen LogP contribution in [0.1, 0.15) is 17.3 Å². The largest absolute Gasteiger partial charge is 0.321 e. The number of sulfone groups is 1. The monoisotopic (exact) mass is 357 g/mol. The number of anilines is 1.